The van der Waals surface area contributed by atoms with Gasteiger partial charge in [-0.15, -0.1) is 0 Å². The highest BCUT2D eigenvalue weighted by molar-refractivity contribution is 5.89. The van der Waals surface area contributed by atoms with Crippen molar-refractivity contribution in [2.24, 2.45) is 5.41 Å². The van der Waals surface area contributed by atoms with E-state index in [0.29, 0.717) is 12.8 Å². The summed E-state index contributed by atoms with van der Waals surface area (Å²) in [7, 11) is 0. The monoisotopic (exact) mass is 194 g/mol. The van der Waals surface area contributed by atoms with E-state index in [-0.39, 0.29) is 5.78 Å². The number of hydrogen-bond acceptors (Lipinski definition) is 2. The van der Waals surface area contributed by atoms with Crippen LogP contribution in [0.2, 0.25) is 0 Å². The third kappa shape index (κ3) is 1.17. The van der Waals surface area contributed by atoms with Crippen molar-refractivity contribution in [3.8, 4) is 0 Å². The van der Waals surface area contributed by atoms with Gasteiger partial charge in [-0.05, 0) is 39.5 Å². The fourth-order valence-corrected chi connectivity index (χ4v) is 2.84. The van der Waals surface area contributed by atoms with Gasteiger partial charge in [-0.1, -0.05) is 11.6 Å². The van der Waals surface area contributed by atoms with Gasteiger partial charge in [0.15, 0.2) is 0 Å². The quantitative estimate of drug-likeness (QED) is 0.600. The predicted octanol–water partition coefficient (Wildman–Crippen LogP) is 2.22. The van der Waals surface area contributed by atoms with Gasteiger partial charge in [0, 0.05) is 6.42 Å². The van der Waals surface area contributed by atoms with Crippen LogP contribution in [0.15, 0.2) is 11.6 Å². The second-order valence-electron chi connectivity index (χ2n) is 5.03. The van der Waals surface area contributed by atoms with Gasteiger partial charge in [0.05, 0.1) is 11.0 Å². The molecule has 0 bridgehead atoms. The number of Topliss-reactive ketones (excluding diaryl/α,β-unsaturated/α-hetero) is 1. The lowest BCUT2D eigenvalue weighted by atomic mass is 9.66. The molecule has 2 aliphatic carbocycles. The Kier molecular flexibility index (Phi) is 2.07. The zero-order chi connectivity index (χ0) is 10.4. The first-order chi connectivity index (χ1) is 6.48. The standard InChI is InChI=1S/C12H18O2/c1-9-3-7-12(8-4-9)10(13)5-6-11(12,2)14/h3,14H,4-8H2,1-2H3/t11-,12+/m0/s1. The molecular formula is C12H18O2. The molecule has 1 saturated carbocycles. The molecule has 2 rings (SSSR count). The summed E-state index contributed by atoms with van der Waals surface area (Å²) in [5, 5.41) is 10.3. The molecule has 78 valence electrons. The van der Waals surface area contributed by atoms with E-state index in [0.717, 1.165) is 19.3 Å². The highest BCUT2D eigenvalue weighted by Gasteiger charge is 2.56. The lowest BCUT2D eigenvalue weighted by molar-refractivity contribution is -0.136. The largest absolute Gasteiger partial charge is 0.389 e. The van der Waals surface area contributed by atoms with Crippen LogP contribution in [0.3, 0.4) is 0 Å². The Labute approximate surface area is 85.0 Å². The Bertz CT molecular complexity index is 301. The van der Waals surface area contributed by atoms with Gasteiger partial charge in [0.25, 0.3) is 0 Å². The predicted molar refractivity (Wildman–Crippen MR) is 54.9 cm³/mol. The van der Waals surface area contributed by atoms with Crippen LogP contribution in [-0.2, 0) is 4.79 Å². The first-order valence-electron chi connectivity index (χ1n) is 5.39. The number of allylic oxidation sites excluding steroid dienone is 2. The number of carbonyl (C=O) groups is 1. The Balaban J connectivity index is 2.35. The van der Waals surface area contributed by atoms with Crippen molar-refractivity contribution < 1.29 is 9.90 Å². The van der Waals surface area contributed by atoms with Gasteiger partial charge >= 0.3 is 0 Å². The van der Waals surface area contributed by atoms with Gasteiger partial charge in [-0.25, -0.2) is 0 Å². The normalized spacial score (nSPS) is 43.1. The van der Waals surface area contributed by atoms with Crippen LogP contribution in [0, 0.1) is 5.41 Å². The van der Waals surface area contributed by atoms with Crippen LogP contribution in [-0.4, -0.2) is 16.5 Å². The third-order valence-electron chi connectivity index (χ3n) is 4.15. The van der Waals surface area contributed by atoms with Crippen molar-refractivity contribution in [2.45, 2.75) is 51.6 Å². The molecule has 0 aromatic rings. The highest BCUT2D eigenvalue weighted by Crippen LogP contribution is 2.52. The zero-order valence-corrected chi connectivity index (χ0v) is 8.97. The molecule has 1 spiro atoms. The van der Waals surface area contributed by atoms with E-state index in [4.69, 9.17) is 0 Å². The molecule has 0 amide bonds. The Morgan fingerprint density at radius 2 is 2.07 bits per heavy atom. The Hall–Kier alpha value is -0.630. The first-order valence-corrected chi connectivity index (χ1v) is 5.39. The van der Waals surface area contributed by atoms with Crippen LogP contribution in [0.25, 0.3) is 0 Å². The molecule has 0 aliphatic heterocycles. The summed E-state index contributed by atoms with van der Waals surface area (Å²) < 4.78 is 0. The molecule has 0 saturated heterocycles. The van der Waals surface area contributed by atoms with Crippen LogP contribution in [0.1, 0.15) is 46.0 Å². The van der Waals surface area contributed by atoms with Crippen LogP contribution in [0.4, 0.5) is 0 Å². The van der Waals surface area contributed by atoms with E-state index >= 15 is 0 Å². The van der Waals surface area contributed by atoms with E-state index in [1.807, 2.05) is 6.92 Å². The highest BCUT2D eigenvalue weighted by atomic mass is 16.3. The SMILES string of the molecule is CC1=CC[C@@]2(CC1)C(=O)CC[C@]2(C)O. The summed E-state index contributed by atoms with van der Waals surface area (Å²) >= 11 is 0. The van der Waals surface area contributed by atoms with Gasteiger partial charge < -0.3 is 5.11 Å². The van der Waals surface area contributed by atoms with E-state index in [1.165, 1.54) is 5.57 Å². The smallest absolute Gasteiger partial charge is 0.142 e. The van der Waals surface area contributed by atoms with Crippen molar-refractivity contribution in [1.29, 1.82) is 0 Å². The van der Waals surface area contributed by atoms with Crippen LogP contribution in [0.5, 0.6) is 0 Å². The average molecular weight is 194 g/mol. The van der Waals surface area contributed by atoms with E-state index < -0.39 is 11.0 Å². The van der Waals surface area contributed by atoms with Gasteiger partial charge in [0.2, 0.25) is 0 Å². The summed E-state index contributed by atoms with van der Waals surface area (Å²) in [6, 6.07) is 0. The lowest BCUT2D eigenvalue weighted by Crippen LogP contribution is -2.46. The van der Waals surface area contributed by atoms with E-state index in [1.54, 1.807) is 0 Å². The number of carbonyl (C=O) groups excluding carboxylic acids is 1. The Morgan fingerprint density at radius 3 is 2.50 bits per heavy atom. The summed E-state index contributed by atoms with van der Waals surface area (Å²) in [5.74, 6) is 0.270. The van der Waals surface area contributed by atoms with Crippen LogP contribution >= 0.6 is 0 Å². The van der Waals surface area contributed by atoms with Crippen molar-refractivity contribution in [3.05, 3.63) is 11.6 Å². The molecule has 0 heterocycles. The summed E-state index contributed by atoms with van der Waals surface area (Å²) in [6.07, 6.45) is 5.85. The molecule has 2 atom stereocenters. The molecule has 0 aromatic heterocycles. The molecule has 0 aromatic carbocycles. The number of ketones is 1. The molecule has 2 nitrogen and oxygen atoms in total. The molecule has 1 N–H and O–H groups in total. The van der Waals surface area contributed by atoms with Crippen LogP contribution < -0.4 is 0 Å². The molecule has 0 unspecified atom stereocenters. The number of rotatable bonds is 0. The maximum Gasteiger partial charge on any atom is 0.142 e. The van der Waals surface area contributed by atoms with Gasteiger partial charge in [-0.2, -0.15) is 0 Å². The minimum Gasteiger partial charge on any atom is -0.389 e. The molecule has 0 radical (unpaired) electrons. The molecule has 2 aliphatic rings. The van der Waals surface area contributed by atoms with Gasteiger partial charge in [0.1, 0.15) is 5.78 Å². The van der Waals surface area contributed by atoms with E-state index in [9.17, 15) is 9.90 Å². The average Bonchev–Trinajstić information content (AvgIpc) is 2.35. The minimum absolute atomic E-state index is 0.270. The molecular weight excluding hydrogens is 176 g/mol. The summed E-state index contributed by atoms with van der Waals surface area (Å²) in [5.41, 5.74) is 0.125. The Morgan fingerprint density at radius 1 is 1.36 bits per heavy atom. The zero-order valence-electron chi connectivity index (χ0n) is 8.97. The second-order valence-corrected chi connectivity index (χ2v) is 5.03. The van der Waals surface area contributed by atoms with E-state index in [2.05, 4.69) is 13.0 Å². The maximum absolute atomic E-state index is 11.9. The molecule has 1 fully saturated rings. The molecule has 2 heteroatoms. The summed E-state index contributed by atoms with van der Waals surface area (Å²) in [6.45, 7) is 3.92. The molecule has 14 heavy (non-hydrogen) atoms. The van der Waals surface area contributed by atoms with Crippen molar-refractivity contribution >= 4 is 5.78 Å². The summed E-state index contributed by atoms with van der Waals surface area (Å²) in [4.78, 5) is 11.9. The topological polar surface area (TPSA) is 37.3 Å². The lowest BCUT2D eigenvalue weighted by Gasteiger charge is -2.40. The first kappa shape index (κ1) is 9.91. The number of hydrogen-bond donors (Lipinski definition) is 1. The fraction of sp³-hybridized carbons (Fsp3) is 0.750. The second kappa shape index (κ2) is 2.93. The van der Waals surface area contributed by atoms with Crippen molar-refractivity contribution in [2.75, 3.05) is 0 Å². The third-order valence-corrected chi connectivity index (χ3v) is 4.15. The van der Waals surface area contributed by atoms with Gasteiger partial charge in [-0.3, -0.25) is 4.79 Å². The number of aliphatic hydroxyl groups is 1. The van der Waals surface area contributed by atoms with Crippen molar-refractivity contribution in [1.82, 2.24) is 0 Å². The van der Waals surface area contributed by atoms with Crippen molar-refractivity contribution in [3.63, 3.8) is 0 Å². The fourth-order valence-electron chi connectivity index (χ4n) is 2.84. The minimum atomic E-state index is -0.777. The maximum atomic E-state index is 11.9.